The molecule has 0 saturated heterocycles. The number of carbonyl (C=O) groups excluding carboxylic acids is 1. The summed E-state index contributed by atoms with van der Waals surface area (Å²) in [5.41, 5.74) is 1.77. The summed E-state index contributed by atoms with van der Waals surface area (Å²) in [6.07, 6.45) is 2.45. The number of hydrogen-bond acceptors (Lipinski definition) is 2. The molecule has 0 aliphatic heterocycles. The number of aliphatic carboxylic acids is 1. The van der Waals surface area contributed by atoms with Crippen molar-refractivity contribution in [1.29, 1.82) is 0 Å². The second-order valence-corrected chi connectivity index (χ2v) is 5.40. The normalized spacial score (nSPS) is 25.7. The second-order valence-electron chi connectivity index (χ2n) is 5.40. The maximum Gasteiger partial charge on any atom is 0.307 e. The van der Waals surface area contributed by atoms with Crippen molar-refractivity contribution in [3.8, 4) is 0 Å². The minimum absolute atomic E-state index is 0.132. The second kappa shape index (κ2) is 5.90. The molecule has 1 aromatic rings. The van der Waals surface area contributed by atoms with E-state index in [1.165, 1.54) is 0 Å². The Morgan fingerprint density at radius 1 is 1.25 bits per heavy atom. The Hall–Kier alpha value is -2.10. The molecule has 3 atom stereocenters. The topological polar surface area (TPSA) is 66.4 Å². The van der Waals surface area contributed by atoms with Crippen LogP contribution in [0.3, 0.4) is 0 Å². The highest BCUT2D eigenvalue weighted by Gasteiger charge is 2.39. The molecule has 0 heterocycles. The summed E-state index contributed by atoms with van der Waals surface area (Å²) >= 11 is 0. The van der Waals surface area contributed by atoms with Crippen LogP contribution in [0.15, 0.2) is 42.0 Å². The van der Waals surface area contributed by atoms with E-state index in [4.69, 9.17) is 0 Å². The number of hydrogen-bond donors (Lipinski definition) is 2. The number of allylic oxidation sites excluding steroid dienone is 2. The van der Waals surface area contributed by atoms with Crippen molar-refractivity contribution in [3.05, 3.63) is 42.0 Å². The number of rotatable bonds is 3. The summed E-state index contributed by atoms with van der Waals surface area (Å²) in [7, 11) is 0. The van der Waals surface area contributed by atoms with Gasteiger partial charge in [-0.3, -0.25) is 9.59 Å². The predicted octanol–water partition coefficient (Wildman–Crippen LogP) is 2.93. The number of benzene rings is 1. The molecule has 1 amide bonds. The van der Waals surface area contributed by atoms with Crippen LogP contribution in [0.5, 0.6) is 0 Å². The zero-order valence-corrected chi connectivity index (χ0v) is 11.7. The fraction of sp³-hybridized carbons (Fsp3) is 0.375. The van der Waals surface area contributed by atoms with Crippen LogP contribution in [0.25, 0.3) is 0 Å². The van der Waals surface area contributed by atoms with Crippen molar-refractivity contribution in [3.63, 3.8) is 0 Å². The van der Waals surface area contributed by atoms with Crippen LogP contribution in [0, 0.1) is 17.8 Å². The SMILES string of the molecule is CC1=C[C@H](C)[C@H](C(=O)O)[C@H](C(=O)Nc2ccccc2)C1. The third-order valence-corrected chi connectivity index (χ3v) is 3.75. The number of anilines is 1. The van der Waals surface area contributed by atoms with Gasteiger partial charge in [-0.2, -0.15) is 0 Å². The van der Waals surface area contributed by atoms with Gasteiger partial charge in [0.15, 0.2) is 0 Å². The van der Waals surface area contributed by atoms with Crippen LogP contribution >= 0.6 is 0 Å². The Morgan fingerprint density at radius 2 is 1.90 bits per heavy atom. The van der Waals surface area contributed by atoms with Gasteiger partial charge in [0.05, 0.1) is 11.8 Å². The number of amides is 1. The number of carboxylic acids is 1. The van der Waals surface area contributed by atoms with Crippen LogP contribution in [-0.4, -0.2) is 17.0 Å². The van der Waals surface area contributed by atoms with E-state index in [1.807, 2.05) is 38.1 Å². The lowest BCUT2D eigenvalue weighted by molar-refractivity contribution is -0.148. The lowest BCUT2D eigenvalue weighted by Gasteiger charge is -2.31. The minimum Gasteiger partial charge on any atom is -0.481 e. The van der Waals surface area contributed by atoms with E-state index in [-0.39, 0.29) is 11.8 Å². The first-order chi connectivity index (χ1) is 9.49. The first-order valence-corrected chi connectivity index (χ1v) is 6.75. The summed E-state index contributed by atoms with van der Waals surface area (Å²) in [5, 5.41) is 12.2. The van der Waals surface area contributed by atoms with Gasteiger partial charge in [-0.05, 0) is 31.4 Å². The molecule has 1 aliphatic rings. The Kier molecular flexibility index (Phi) is 4.23. The molecule has 0 saturated carbocycles. The fourth-order valence-electron chi connectivity index (χ4n) is 2.87. The summed E-state index contributed by atoms with van der Waals surface area (Å²) in [6.45, 7) is 3.79. The number of carbonyl (C=O) groups is 2. The van der Waals surface area contributed by atoms with E-state index >= 15 is 0 Å². The molecule has 0 bridgehead atoms. The molecular formula is C16H19NO3. The van der Waals surface area contributed by atoms with Gasteiger partial charge in [0, 0.05) is 5.69 Å². The summed E-state index contributed by atoms with van der Waals surface area (Å²) in [6, 6.07) is 9.12. The molecule has 1 aromatic carbocycles. The van der Waals surface area contributed by atoms with Crippen LogP contribution in [0.4, 0.5) is 5.69 Å². The highest BCUT2D eigenvalue weighted by Crippen LogP contribution is 2.34. The standard InChI is InChI=1S/C16H19NO3/c1-10-8-11(2)14(16(19)20)13(9-10)15(18)17-12-6-4-3-5-7-12/h3-8,11,13-14H,9H2,1-2H3,(H,17,18)(H,19,20)/t11-,13+,14-/m0/s1. The summed E-state index contributed by atoms with van der Waals surface area (Å²) in [4.78, 5) is 23.8. The molecule has 4 nitrogen and oxygen atoms in total. The van der Waals surface area contributed by atoms with E-state index in [1.54, 1.807) is 12.1 Å². The molecule has 106 valence electrons. The lowest BCUT2D eigenvalue weighted by Crippen LogP contribution is -2.39. The Morgan fingerprint density at radius 3 is 2.50 bits per heavy atom. The molecule has 0 radical (unpaired) electrons. The van der Waals surface area contributed by atoms with Crippen molar-refractivity contribution < 1.29 is 14.7 Å². The van der Waals surface area contributed by atoms with Gasteiger partial charge in [-0.1, -0.05) is 36.8 Å². The first kappa shape index (κ1) is 14.3. The number of carboxylic acid groups (broad SMARTS) is 1. The average Bonchev–Trinajstić information content (AvgIpc) is 2.38. The van der Waals surface area contributed by atoms with Crippen LogP contribution in [0.1, 0.15) is 20.3 Å². The van der Waals surface area contributed by atoms with E-state index in [0.717, 1.165) is 5.57 Å². The third-order valence-electron chi connectivity index (χ3n) is 3.75. The zero-order valence-electron chi connectivity index (χ0n) is 11.7. The number of para-hydroxylation sites is 1. The minimum atomic E-state index is -0.908. The van der Waals surface area contributed by atoms with Gasteiger partial charge in [-0.25, -0.2) is 0 Å². The molecule has 0 spiro atoms. The van der Waals surface area contributed by atoms with Crippen molar-refractivity contribution in [2.24, 2.45) is 17.8 Å². The fourth-order valence-corrected chi connectivity index (χ4v) is 2.87. The van der Waals surface area contributed by atoms with E-state index in [2.05, 4.69) is 5.32 Å². The van der Waals surface area contributed by atoms with Crippen LogP contribution in [0.2, 0.25) is 0 Å². The van der Waals surface area contributed by atoms with Gasteiger partial charge in [0.25, 0.3) is 0 Å². The molecule has 0 aromatic heterocycles. The first-order valence-electron chi connectivity index (χ1n) is 6.75. The van der Waals surface area contributed by atoms with E-state index in [9.17, 15) is 14.7 Å². The summed E-state index contributed by atoms with van der Waals surface area (Å²) < 4.78 is 0. The van der Waals surface area contributed by atoms with Gasteiger partial charge < -0.3 is 10.4 Å². The molecule has 2 rings (SSSR count). The quantitative estimate of drug-likeness (QED) is 0.832. The lowest BCUT2D eigenvalue weighted by atomic mass is 9.73. The molecule has 2 N–H and O–H groups in total. The maximum absolute atomic E-state index is 12.4. The Balaban J connectivity index is 2.18. The predicted molar refractivity (Wildman–Crippen MR) is 77.2 cm³/mol. The van der Waals surface area contributed by atoms with Crippen molar-refractivity contribution in [2.75, 3.05) is 5.32 Å². The molecular weight excluding hydrogens is 254 g/mol. The Bertz CT molecular complexity index is 536. The van der Waals surface area contributed by atoms with Crippen molar-refractivity contribution >= 4 is 17.6 Å². The molecule has 0 unspecified atom stereocenters. The van der Waals surface area contributed by atoms with Crippen LogP contribution < -0.4 is 5.32 Å². The molecule has 20 heavy (non-hydrogen) atoms. The highest BCUT2D eigenvalue weighted by molar-refractivity contribution is 5.95. The van der Waals surface area contributed by atoms with Gasteiger partial charge in [0.2, 0.25) is 5.91 Å². The average molecular weight is 273 g/mol. The van der Waals surface area contributed by atoms with Crippen molar-refractivity contribution in [2.45, 2.75) is 20.3 Å². The van der Waals surface area contributed by atoms with E-state index < -0.39 is 17.8 Å². The van der Waals surface area contributed by atoms with Gasteiger partial charge in [0.1, 0.15) is 0 Å². The largest absolute Gasteiger partial charge is 0.481 e. The monoisotopic (exact) mass is 273 g/mol. The molecule has 0 fully saturated rings. The van der Waals surface area contributed by atoms with Crippen LogP contribution in [-0.2, 0) is 9.59 Å². The third kappa shape index (κ3) is 3.07. The maximum atomic E-state index is 12.4. The molecule has 1 aliphatic carbocycles. The highest BCUT2D eigenvalue weighted by atomic mass is 16.4. The number of nitrogens with one attached hydrogen (secondary N) is 1. The Labute approximate surface area is 118 Å². The van der Waals surface area contributed by atoms with Crippen molar-refractivity contribution in [1.82, 2.24) is 0 Å². The summed E-state index contributed by atoms with van der Waals surface area (Å²) in [5.74, 6) is -2.44. The van der Waals surface area contributed by atoms with E-state index in [0.29, 0.717) is 12.1 Å². The van der Waals surface area contributed by atoms with Gasteiger partial charge in [-0.15, -0.1) is 0 Å². The smallest absolute Gasteiger partial charge is 0.307 e. The van der Waals surface area contributed by atoms with Gasteiger partial charge >= 0.3 is 5.97 Å². The zero-order chi connectivity index (χ0) is 14.7. The molecule has 4 heteroatoms.